The molecule has 0 aromatic carbocycles. The van der Waals surface area contributed by atoms with E-state index in [4.69, 9.17) is 0 Å². The standard InChI is InChI=1S/C16H25N3O2S/c1-22-11-5-15(20)16(21)19-8-3-7-18(9-10-19)13-14-4-2-6-17-12-14/h2,4,6,12,15,20H,3,5,7-11,13H2,1H3. The minimum atomic E-state index is -0.850. The summed E-state index contributed by atoms with van der Waals surface area (Å²) in [6.45, 7) is 4.11. The van der Waals surface area contributed by atoms with Gasteiger partial charge in [0.05, 0.1) is 0 Å². The molecule has 1 aromatic heterocycles. The highest BCUT2D eigenvalue weighted by molar-refractivity contribution is 7.98. The van der Waals surface area contributed by atoms with Crippen LogP contribution in [0.4, 0.5) is 0 Å². The number of hydrogen-bond donors (Lipinski definition) is 1. The highest BCUT2D eigenvalue weighted by Crippen LogP contribution is 2.11. The predicted molar refractivity (Wildman–Crippen MR) is 89.7 cm³/mol. The summed E-state index contributed by atoms with van der Waals surface area (Å²) in [4.78, 5) is 20.6. The Morgan fingerprint density at radius 3 is 3.00 bits per heavy atom. The van der Waals surface area contributed by atoms with Crippen LogP contribution in [0.3, 0.4) is 0 Å². The van der Waals surface area contributed by atoms with Gasteiger partial charge in [0.2, 0.25) is 0 Å². The monoisotopic (exact) mass is 323 g/mol. The molecule has 0 spiro atoms. The van der Waals surface area contributed by atoms with Crippen LogP contribution in [0.15, 0.2) is 24.5 Å². The van der Waals surface area contributed by atoms with Gasteiger partial charge in [-0.2, -0.15) is 11.8 Å². The minimum absolute atomic E-state index is 0.114. The van der Waals surface area contributed by atoms with Crippen molar-refractivity contribution in [2.75, 3.05) is 38.2 Å². The molecule has 22 heavy (non-hydrogen) atoms. The number of pyridine rings is 1. The molecule has 6 heteroatoms. The average Bonchev–Trinajstić information content (AvgIpc) is 2.78. The van der Waals surface area contributed by atoms with Gasteiger partial charge in [-0.1, -0.05) is 6.07 Å². The summed E-state index contributed by atoms with van der Waals surface area (Å²) in [7, 11) is 0. The van der Waals surface area contributed by atoms with E-state index < -0.39 is 6.10 Å². The smallest absolute Gasteiger partial charge is 0.251 e. The van der Waals surface area contributed by atoms with Gasteiger partial charge >= 0.3 is 0 Å². The zero-order valence-corrected chi connectivity index (χ0v) is 14.0. The number of aliphatic hydroxyl groups is 1. The van der Waals surface area contributed by atoms with Crippen LogP contribution >= 0.6 is 11.8 Å². The molecule has 1 aliphatic rings. The molecule has 5 nitrogen and oxygen atoms in total. The van der Waals surface area contributed by atoms with Crippen LogP contribution in [0.5, 0.6) is 0 Å². The van der Waals surface area contributed by atoms with Crippen LogP contribution < -0.4 is 0 Å². The lowest BCUT2D eigenvalue weighted by atomic mass is 10.2. The highest BCUT2D eigenvalue weighted by Gasteiger charge is 2.24. The van der Waals surface area contributed by atoms with Crippen LogP contribution in [0.1, 0.15) is 18.4 Å². The Balaban J connectivity index is 1.83. The second kappa shape index (κ2) is 9.12. The number of nitrogens with zero attached hydrogens (tertiary/aromatic N) is 3. The molecular formula is C16H25N3O2S. The van der Waals surface area contributed by atoms with Gasteiger partial charge in [-0.15, -0.1) is 0 Å². The fourth-order valence-electron chi connectivity index (χ4n) is 2.66. The van der Waals surface area contributed by atoms with Crippen LogP contribution in [-0.2, 0) is 11.3 Å². The van der Waals surface area contributed by atoms with Crippen molar-refractivity contribution in [2.45, 2.75) is 25.5 Å². The summed E-state index contributed by atoms with van der Waals surface area (Å²) in [6.07, 6.45) is 6.29. The lowest BCUT2D eigenvalue weighted by Crippen LogP contribution is -2.41. The van der Waals surface area contributed by atoms with Crippen molar-refractivity contribution in [2.24, 2.45) is 0 Å². The minimum Gasteiger partial charge on any atom is -0.383 e. The molecule has 1 unspecified atom stereocenters. The summed E-state index contributed by atoms with van der Waals surface area (Å²) in [5.41, 5.74) is 1.20. The third-order valence-electron chi connectivity index (χ3n) is 3.91. The van der Waals surface area contributed by atoms with Crippen LogP contribution in [0.25, 0.3) is 0 Å². The summed E-state index contributed by atoms with van der Waals surface area (Å²) in [6, 6.07) is 4.03. The lowest BCUT2D eigenvalue weighted by Gasteiger charge is -2.24. The quantitative estimate of drug-likeness (QED) is 0.853. The largest absolute Gasteiger partial charge is 0.383 e. The molecule has 1 fully saturated rings. The van der Waals surface area contributed by atoms with Gasteiger partial charge in [-0.3, -0.25) is 14.7 Å². The van der Waals surface area contributed by atoms with Gasteiger partial charge in [0.25, 0.3) is 5.91 Å². The third kappa shape index (κ3) is 5.26. The van der Waals surface area contributed by atoms with Gasteiger partial charge < -0.3 is 10.0 Å². The predicted octanol–water partition coefficient (Wildman–Crippen LogP) is 1.23. The van der Waals surface area contributed by atoms with Crippen molar-refractivity contribution in [1.82, 2.24) is 14.8 Å². The molecule has 122 valence electrons. The zero-order valence-electron chi connectivity index (χ0n) is 13.1. The zero-order chi connectivity index (χ0) is 15.8. The third-order valence-corrected chi connectivity index (χ3v) is 4.55. The summed E-state index contributed by atoms with van der Waals surface area (Å²) in [5.74, 6) is 0.700. The van der Waals surface area contributed by atoms with E-state index in [9.17, 15) is 9.90 Å². The molecule has 1 amide bonds. The highest BCUT2D eigenvalue weighted by atomic mass is 32.2. The Morgan fingerprint density at radius 1 is 1.41 bits per heavy atom. The Bertz CT molecular complexity index is 458. The summed E-state index contributed by atoms with van der Waals surface area (Å²) >= 11 is 1.65. The van der Waals surface area contributed by atoms with Crippen molar-refractivity contribution in [3.63, 3.8) is 0 Å². The molecule has 1 N–H and O–H groups in total. The van der Waals surface area contributed by atoms with E-state index in [1.165, 1.54) is 5.56 Å². The maximum Gasteiger partial charge on any atom is 0.251 e. The number of carbonyl (C=O) groups is 1. The van der Waals surface area contributed by atoms with Gasteiger partial charge in [0.1, 0.15) is 6.10 Å². The number of aromatic nitrogens is 1. The number of thioether (sulfide) groups is 1. The molecule has 0 aliphatic carbocycles. The summed E-state index contributed by atoms with van der Waals surface area (Å²) in [5, 5.41) is 9.97. The molecule has 0 bridgehead atoms. The van der Waals surface area contributed by atoms with Crippen molar-refractivity contribution >= 4 is 17.7 Å². The molecule has 1 aromatic rings. The van der Waals surface area contributed by atoms with E-state index in [0.29, 0.717) is 13.0 Å². The lowest BCUT2D eigenvalue weighted by molar-refractivity contribution is -0.140. The molecule has 2 rings (SSSR count). The Kier molecular flexibility index (Phi) is 7.15. The molecule has 1 atom stereocenters. The first-order chi connectivity index (χ1) is 10.7. The maximum absolute atomic E-state index is 12.3. The Hall–Kier alpha value is -1.11. The SMILES string of the molecule is CSCCC(O)C(=O)N1CCCN(Cc2cccnc2)CC1. The number of carbonyl (C=O) groups excluding carboxylic acids is 1. The topological polar surface area (TPSA) is 56.7 Å². The van der Waals surface area contributed by atoms with E-state index in [2.05, 4.69) is 16.0 Å². The fraction of sp³-hybridized carbons (Fsp3) is 0.625. The number of aliphatic hydroxyl groups excluding tert-OH is 1. The van der Waals surface area contributed by atoms with Gasteiger partial charge in [0, 0.05) is 45.1 Å². The van der Waals surface area contributed by atoms with Crippen molar-refractivity contribution in [3.05, 3.63) is 30.1 Å². The molecule has 2 heterocycles. The van der Waals surface area contributed by atoms with Crippen LogP contribution in [0, 0.1) is 0 Å². The fourth-order valence-corrected chi connectivity index (χ4v) is 3.12. The van der Waals surface area contributed by atoms with Crippen molar-refractivity contribution < 1.29 is 9.90 Å². The van der Waals surface area contributed by atoms with Crippen LogP contribution in [0.2, 0.25) is 0 Å². The van der Waals surface area contributed by atoms with E-state index in [0.717, 1.165) is 38.4 Å². The molecular weight excluding hydrogens is 298 g/mol. The van der Waals surface area contributed by atoms with Gasteiger partial charge in [-0.25, -0.2) is 0 Å². The van der Waals surface area contributed by atoms with E-state index >= 15 is 0 Å². The van der Waals surface area contributed by atoms with Gasteiger partial charge in [0.15, 0.2) is 0 Å². The van der Waals surface area contributed by atoms with Gasteiger partial charge in [-0.05, 0) is 36.5 Å². The van der Waals surface area contributed by atoms with E-state index in [1.807, 2.05) is 23.4 Å². The van der Waals surface area contributed by atoms with E-state index in [-0.39, 0.29) is 5.91 Å². The first kappa shape index (κ1) is 17.2. The number of rotatable bonds is 6. The Morgan fingerprint density at radius 2 is 2.27 bits per heavy atom. The second-order valence-electron chi connectivity index (χ2n) is 5.61. The average molecular weight is 323 g/mol. The molecule has 1 saturated heterocycles. The molecule has 0 saturated carbocycles. The molecule has 1 aliphatic heterocycles. The first-order valence-electron chi connectivity index (χ1n) is 7.77. The summed E-state index contributed by atoms with van der Waals surface area (Å²) < 4.78 is 0. The van der Waals surface area contributed by atoms with Crippen LogP contribution in [-0.4, -0.2) is 70.1 Å². The number of hydrogen-bond acceptors (Lipinski definition) is 5. The second-order valence-corrected chi connectivity index (χ2v) is 6.60. The maximum atomic E-state index is 12.3. The van der Waals surface area contributed by atoms with E-state index in [1.54, 1.807) is 18.0 Å². The van der Waals surface area contributed by atoms with Crippen molar-refractivity contribution in [1.29, 1.82) is 0 Å². The first-order valence-corrected chi connectivity index (χ1v) is 9.17. The normalized spacial score (nSPS) is 18.0. The number of amides is 1. The Labute approximate surface area is 136 Å². The molecule has 0 radical (unpaired) electrons. The van der Waals surface area contributed by atoms with Crippen molar-refractivity contribution in [3.8, 4) is 0 Å².